The Morgan fingerprint density at radius 3 is 2.58 bits per heavy atom. The molecule has 0 radical (unpaired) electrons. The molecule has 0 unspecified atom stereocenters. The maximum atomic E-state index is 12.2. The van der Waals surface area contributed by atoms with E-state index in [1.54, 1.807) is 0 Å². The van der Waals surface area contributed by atoms with Gasteiger partial charge in [-0.1, -0.05) is 0 Å². The van der Waals surface area contributed by atoms with E-state index in [-0.39, 0.29) is 17.1 Å². The number of carbonyl (C=O) groups excluding carboxylic acids is 1. The molecule has 0 aliphatic rings. The third kappa shape index (κ3) is 4.41. The van der Waals surface area contributed by atoms with E-state index >= 15 is 0 Å². The molecule has 0 saturated carbocycles. The van der Waals surface area contributed by atoms with Crippen LogP contribution in [0.1, 0.15) is 10.4 Å². The average Bonchev–Trinajstić information content (AvgIpc) is 2.35. The van der Waals surface area contributed by atoms with Crippen molar-refractivity contribution >= 4 is 11.9 Å². The molecule has 1 amide bonds. The van der Waals surface area contributed by atoms with E-state index in [0.29, 0.717) is 0 Å². The van der Waals surface area contributed by atoms with Gasteiger partial charge < -0.3 is 19.9 Å². The predicted octanol–water partition coefficient (Wildman–Crippen LogP) is 1.11. The molecule has 0 aliphatic carbocycles. The first kappa shape index (κ1) is 14.7. The zero-order valence-electron chi connectivity index (χ0n) is 9.85. The van der Waals surface area contributed by atoms with Gasteiger partial charge in [-0.05, 0) is 18.2 Å². The van der Waals surface area contributed by atoms with Crippen molar-refractivity contribution in [3.63, 3.8) is 0 Å². The molecule has 1 rings (SSSR count). The van der Waals surface area contributed by atoms with Crippen LogP contribution in [-0.4, -0.2) is 37.2 Å². The Morgan fingerprint density at radius 1 is 1.37 bits per heavy atom. The Kier molecular flexibility index (Phi) is 5.04. The largest absolute Gasteiger partial charge is 0.493 e. The molecule has 104 valence electrons. The Morgan fingerprint density at radius 2 is 2.05 bits per heavy atom. The number of alkyl halides is 2. The number of amides is 1. The summed E-state index contributed by atoms with van der Waals surface area (Å²) in [4.78, 5) is 21.8. The van der Waals surface area contributed by atoms with Crippen molar-refractivity contribution in [1.82, 2.24) is 5.32 Å². The first-order valence-corrected chi connectivity index (χ1v) is 5.07. The van der Waals surface area contributed by atoms with E-state index in [1.165, 1.54) is 19.2 Å². The summed E-state index contributed by atoms with van der Waals surface area (Å²) in [5.74, 6) is -2.20. The lowest BCUT2D eigenvalue weighted by Gasteiger charge is -2.11. The Hall–Kier alpha value is -2.38. The van der Waals surface area contributed by atoms with Crippen LogP contribution < -0.4 is 14.8 Å². The van der Waals surface area contributed by atoms with Crippen molar-refractivity contribution in [2.24, 2.45) is 0 Å². The highest BCUT2D eigenvalue weighted by Gasteiger charge is 2.14. The van der Waals surface area contributed by atoms with Crippen LogP contribution in [-0.2, 0) is 4.79 Å². The van der Waals surface area contributed by atoms with Crippen LogP contribution in [0.2, 0.25) is 0 Å². The molecular weight excluding hydrogens is 264 g/mol. The van der Waals surface area contributed by atoms with Crippen molar-refractivity contribution in [2.45, 2.75) is 6.61 Å². The van der Waals surface area contributed by atoms with Crippen LogP contribution >= 0.6 is 0 Å². The molecule has 1 aromatic carbocycles. The van der Waals surface area contributed by atoms with Crippen LogP contribution in [0.5, 0.6) is 11.5 Å². The summed E-state index contributed by atoms with van der Waals surface area (Å²) in [5, 5.41) is 10.5. The second-order valence-electron chi connectivity index (χ2n) is 3.32. The summed E-state index contributed by atoms with van der Waals surface area (Å²) in [7, 11) is 1.26. The minimum Gasteiger partial charge on any atom is -0.493 e. The number of ether oxygens (including phenoxy) is 2. The maximum absolute atomic E-state index is 12.2. The molecule has 0 heterocycles. The topological polar surface area (TPSA) is 84.9 Å². The van der Waals surface area contributed by atoms with Gasteiger partial charge in [-0.15, -0.1) is 0 Å². The summed E-state index contributed by atoms with van der Waals surface area (Å²) in [6, 6.07) is 3.61. The summed E-state index contributed by atoms with van der Waals surface area (Å²) in [6.45, 7) is -3.64. The lowest BCUT2D eigenvalue weighted by Crippen LogP contribution is -2.29. The standard InChI is InChI=1S/C11H11F2NO5/c1-18-7-3-2-6(4-8(7)19-11(12)13)10(17)14-5-9(15)16/h2-4,11H,5H2,1H3,(H,14,17)(H,15,16). The molecule has 0 bridgehead atoms. The normalized spacial score (nSPS) is 10.1. The van der Waals surface area contributed by atoms with Crippen LogP contribution in [0.3, 0.4) is 0 Å². The van der Waals surface area contributed by atoms with Gasteiger partial charge in [0.15, 0.2) is 11.5 Å². The van der Waals surface area contributed by atoms with Crippen LogP contribution in [0.4, 0.5) is 8.78 Å². The molecule has 0 atom stereocenters. The van der Waals surface area contributed by atoms with Gasteiger partial charge in [0, 0.05) is 5.56 Å². The van der Waals surface area contributed by atoms with E-state index in [9.17, 15) is 18.4 Å². The molecule has 2 N–H and O–H groups in total. The lowest BCUT2D eigenvalue weighted by molar-refractivity contribution is -0.135. The monoisotopic (exact) mass is 275 g/mol. The highest BCUT2D eigenvalue weighted by Crippen LogP contribution is 2.29. The second kappa shape index (κ2) is 6.53. The smallest absolute Gasteiger partial charge is 0.387 e. The SMILES string of the molecule is COc1ccc(C(=O)NCC(=O)O)cc1OC(F)F. The molecule has 8 heteroatoms. The molecule has 6 nitrogen and oxygen atoms in total. The number of carboxylic acids is 1. The third-order valence-electron chi connectivity index (χ3n) is 2.04. The minimum atomic E-state index is -3.06. The van der Waals surface area contributed by atoms with E-state index in [2.05, 4.69) is 10.1 Å². The number of hydrogen-bond acceptors (Lipinski definition) is 4. The quantitative estimate of drug-likeness (QED) is 0.812. The molecule has 19 heavy (non-hydrogen) atoms. The molecular formula is C11H11F2NO5. The highest BCUT2D eigenvalue weighted by molar-refractivity contribution is 5.96. The summed E-state index contributed by atoms with van der Waals surface area (Å²) >= 11 is 0. The second-order valence-corrected chi connectivity index (χ2v) is 3.32. The highest BCUT2D eigenvalue weighted by atomic mass is 19.3. The van der Waals surface area contributed by atoms with Gasteiger partial charge in [-0.25, -0.2) is 0 Å². The van der Waals surface area contributed by atoms with E-state index < -0.39 is 25.0 Å². The van der Waals surface area contributed by atoms with Crippen molar-refractivity contribution < 1.29 is 33.0 Å². The fourth-order valence-electron chi connectivity index (χ4n) is 1.26. The number of hydrogen-bond donors (Lipinski definition) is 2. The fourth-order valence-corrected chi connectivity index (χ4v) is 1.26. The average molecular weight is 275 g/mol. The molecule has 0 saturated heterocycles. The Labute approximate surface area is 106 Å². The van der Waals surface area contributed by atoms with Gasteiger partial charge in [0.25, 0.3) is 5.91 Å². The molecule has 0 aliphatic heterocycles. The van der Waals surface area contributed by atoms with E-state index in [0.717, 1.165) is 6.07 Å². The van der Waals surface area contributed by atoms with Crippen molar-refractivity contribution in [3.8, 4) is 11.5 Å². The number of methoxy groups -OCH3 is 1. The van der Waals surface area contributed by atoms with Crippen LogP contribution in [0, 0.1) is 0 Å². The zero-order valence-corrected chi connectivity index (χ0v) is 9.85. The maximum Gasteiger partial charge on any atom is 0.387 e. The molecule has 1 aromatic rings. The molecule has 0 fully saturated rings. The Balaban J connectivity index is 2.90. The summed E-state index contributed by atoms with van der Waals surface area (Å²) < 4.78 is 33.3. The van der Waals surface area contributed by atoms with E-state index in [1.807, 2.05) is 0 Å². The molecule has 0 aromatic heterocycles. The summed E-state index contributed by atoms with van der Waals surface area (Å²) in [5.41, 5.74) is -0.0160. The van der Waals surface area contributed by atoms with Crippen LogP contribution in [0.15, 0.2) is 18.2 Å². The fraction of sp³-hybridized carbons (Fsp3) is 0.273. The van der Waals surface area contributed by atoms with Crippen LogP contribution in [0.25, 0.3) is 0 Å². The van der Waals surface area contributed by atoms with Gasteiger partial charge in [-0.3, -0.25) is 9.59 Å². The summed E-state index contributed by atoms with van der Waals surface area (Å²) in [6.07, 6.45) is 0. The predicted molar refractivity (Wildman–Crippen MR) is 59.6 cm³/mol. The van der Waals surface area contributed by atoms with Gasteiger partial charge >= 0.3 is 12.6 Å². The van der Waals surface area contributed by atoms with Crippen molar-refractivity contribution in [1.29, 1.82) is 0 Å². The Bertz CT molecular complexity index is 478. The van der Waals surface area contributed by atoms with Gasteiger partial charge in [-0.2, -0.15) is 8.78 Å². The van der Waals surface area contributed by atoms with Crippen molar-refractivity contribution in [3.05, 3.63) is 23.8 Å². The first-order valence-electron chi connectivity index (χ1n) is 5.07. The minimum absolute atomic E-state index is 0.0160. The number of halogens is 2. The van der Waals surface area contributed by atoms with Gasteiger partial charge in [0.1, 0.15) is 6.54 Å². The lowest BCUT2D eigenvalue weighted by atomic mass is 10.2. The number of benzene rings is 1. The number of carbonyl (C=O) groups is 2. The number of carboxylic acid groups (broad SMARTS) is 1. The number of rotatable bonds is 6. The van der Waals surface area contributed by atoms with Gasteiger partial charge in [0.2, 0.25) is 0 Å². The number of nitrogens with one attached hydrogen (secondary N) is 1. The zero-order chi connectivity index (χ0) is 14.4. The van der Waals surface area contributed by atoms with E-state index in [4.69, 9.17) is 9.84 Å². The third-order valence-corrected chi connectivity index (χ3v) is 2.04. The van der Waals surface area contributed by atoms with Gasteiger partial charge in [0.05, 0.1) is 7.11 Å². The first-order chi connectivity index (χ1) is 8.93. The number of aliphatic carboxylic acids is 1. The van der Waals surface area contributed by atoms with Crippen molar-refractivity contribution in [2.75, 3.05) is 13.7 Å². The molecule has 0 spiro atoms.